The highest BCUT2D eigenvalue weighted by Crippen LogP contribution is 2.24. The standard InChI is InChI=1S/C18H21N5O2S2/c24-15(19-8-7-13-6-5-11-26-13)14-12-20-17-23(16(14)25)21-18(27-17)22-9-3-1-2-4-10-22/h5-6,11-12H,1-4,7-10H2,(H,19,24). The predicted molar refractivity (Wildman–Crippen MR) is 108 cm³/mol. The molecule has 1 N–H and O–H groups in total. The molecule has 4 heterocycles. The van der Waals surface area contributed by atoms with E-state index in [1.165, 1.54) is 39.8 Å². The Labute approximate surface area is 164 Å². The van der Waals surface area contributed by atoms with Crippen LogP contribution in [0.2, 0.25) is 0 Å². The number of hydrogen-bond acceptors (Lipinski definition) is 7. The lowest BCUT2D eigenvalue weighted by Gasteiger charge is -2.17. The molecule has 1 fully saturated rings. The van der Waals surface area contributed by atoms with Gasteiger partial charge >= 0.3 is 0 Å². The third kappa shape index (κ3) is 4.03. The number of amides is 1. The molecule has 1 amide bonds. The van der Waals surface area contributed by atoms with Crippen molar-refractivity contribution in [1.29, 1.82) is 0 Å². The average molecular weight is 404 g/mol. The quantitative estimate of drug-likeness (QED) is 0.708. The van der Waals surface area contributed by atoms with E-state index in [1.54, 1.807) is 11.3 Å². The van der Waals surface area contributed by atoms with E-state index in [-0.39, 0.29) is 5.56 Å². The van der Waals surface area contributed by atoms with E-state index >= 15 is 0 Å². The largest absolute Gasteiger partial charge is 0.351 e. The van der Waals surface area contributed by atoms with Crippen molar-refractivity contribution in [2.24, 2.45) is 0 Å². The van der Waals surface area contributed by atoms with Crippen LogP contribution < -0.4 is 15.8 Å². The second-order valence-electron chi connectivity index (χ2n) is 6.54. The van der Waals surface area contributed by atoms with Crippen LogP contribution in [0.4, 0.5) is 5.13 Å². The first-order valence-corrected chi connectivity index (χ1v) is 10.9. The fourth-order valence-electron chi connectivity index (χ4n) is 3.17. The van der Waals surface area contributed by atoms with E-state index in [0.717, 1.165) is 37.5 Å². The molecule has 0 aromatic carbocycles. The molecule has 0 saturated carbocycles. The van der Waals surface area contributed by atoms with Crippen LogP contribution in [0.1, 0.15) is 40.9 Å². The second kappa shape index (κ2) is 8.18. The Kier molecular flexibility index (Phi) is 5.49. The van der Waals surface area contributed by atoms with Crippen LogP contribution in [0.3, 0.4) is 0 Å². The average Bonchev–Trinajstić information content (AvgIpc) is 3.26. The highest BCUT2D eigenvalue weighted by atomic mass is 32.1. The van der Waals surface area contributed by atoms with Crippen molar-refractivity contribution in [1.82, 2.24) is 19.9 Å². The molecule has 4 rings (SSSR count). The van der Waals surface area contributed by atoms with Crippen molar-refractivity contribution < 1.29 is 4.79 Å². The third-order valence-electron chi connectivity index (χ3n) is 4.63. The number of hydrogen-bond donors (Lipinski definition) is 1. The fraction of sp³-hybridized carbons (Fsp3) is 0.444. The maximum atomic E-state index is 12.7. The molecule has 27 heavy (non-hydrogen) atoms. The zero-order valence-electron chi connectivity index (χ0n) is 14.9. The van der Waals surface area contributed by atoms with E-state index in [2.05, 4.69) is 20.3 Å². The van der Waals surface area contributed by atoms with Crippen LogP contribution in [0.15, 0.2) is 28.5 Å². The minimum atomic E-state index is -0.411. The highest BCUT2D eigenvalue weighted by molar-refractivity contribution is 7.20. The fourth-order valence-corrected chi connectivity index (χ4v) is 4.79. The molecular weight excluding hydrogens is 382 g/mol. The van der Waals surface area contributed by atoms with E-state index < -0.39 is 11.5 Å². The number of fused-ring (bicyclic) bond motifs is 1. The molecule has 0 aliphatic carbocycles. The summed E-state index contributed by atoms with van der Waals surface area (Å²) in [4.78, 5) is 33.3. The van der Waals surface area contributed by atoms with Gasteiger partial charge in [0.25, 0.3) is 11.5 Å². The Bertz CT molecular complexity index is 971. The normalized spacial score (nSPS) is 15.0. The van der Waals surface area contributed by atoms with Crippen LogP contribution in [-0.4, -0.2) is 40.1 Å². The topological polar surface area (TPSA) is 79.6 Å². The molecule has 0 spiro atoms. The van der Waals surface area contributed by atoms with Gasteiger partial charge in [0.2, 0.25) is 10.1 Å². The van der Waals surface area contributed by atoms with Gasteiger partial charge in [0, 0.05) is 30.7 Å². The first-order valence-electron chi connectivity index (χ1n) is 9.17. The lowest BCUT2D eigenvalue weighted by Crippen LogP contribution is -2.33. The van der Waals surface area contributed by atoms with Crippen molar-refractivity contribution in [3.05, 3.63) is 44.5 Å². The number of aromatic nitrogens is 3. The summed E-state index contributed by atoms with van der Waals surface area (Å²) in [5, 5.41) is 10.1. The molecule has 1 saturated heterocycles. The van der Waals surface area contributed by atoms with Crippen LogP contribution in [0, 0.1) is 0 Å². The van der Waals surface area contributed by atoms with Gasteiger partial charge in [0.05, 0.1) is 0 Å². The molecule has 7 nitrogen and oxygen atoms in total. The van der Waals surface area contributed by atoms with Crippen molar-refractivity contribution in [2.45, 2.75) is 32.1 Å². The van der Waals surface area contributed by atoms with Gasteiger partial charge in [-0.05, 0) is 30.7 Å². The predicted octanol–water partition coefficient (Wildman–Crippen LogP) is 2.57. The second-order valence-corrected chi connectivity index (χ2v) is 8.51. The first-order chi connectivity index (χ1) is 13.2. The summed E-state index contributed by atoms with van der Waals surface area (Å²) in [6.45, 7) is 2.38. The lowest BCUT2D eigenvalue weighted by atomic mass is 10.2. The molecule has 3 aromatic heterocycles. The summed E-state index contributed by atoms with van der Waals surface area (Å²) in [6, 6.07) is 4.01. The van der Waals surface area contributed by atoms with Crippen LogP contribution >= 0.6 is 22.7 Å². The van der Waals surface area contributed by atoms with Gasteiger partial charge in [0.15, 0.2) is 0 Å². The number of carbonyl (C=O) groups excluding carboxylic acids is 1. The van der Waals surface area contributed by atoms with E-state index in [9.17, 15) is 9.59 Å². The Morgan fingerprint density at radius 3 is 2.78 bits per heavy atom. The van der Waals surface area contributed by atoms with Crippen molar-refractivity contribution >= 4 is 38.7 Å². The number of nitrogens with zero attached hydrogens (tertiary/aromatic N) is 4. The third-order valence-corrected chi connectivity index (χ3v) is 6.55. The zero-order valence-corrected chi connectivity index (χ0v) is 16.5. The summed E-state index contributed by atoms with van der Waals surface area (Å²) in [7, 11) is 0. The Balaban J connectivity index is 1.50. The van der Waals surface area contributed by atoms with Gasteiger partial charge in [-0.3, -0.25) is 9.59 Å². The minimum Gasteiger partial charge on any atom is -0.351 e. The molecule has 1 aliphatic rings. The smallest absolute Gasteiger partial charge is 0.288 e. The lowest BCUT2D eigenvalue weighted by molar-refractivity contribution is 0.0952. The van der Waals surface area contributed by atoms with Crippen molar-refractivity contribution in [3.8, 4) is 0 Å². The zero-order chi connectivity index (χ0) is 18.6. The Hall–Kier alpha value is -2.26. The van der Waals surface area contributed by atoms with Crippen LogP contribution in [-0.2, 0) is 6.42 Å². The number of anilines is 1. The summed E-state index contributed by atoms with van der Waals surface area (Å²) < 4.78 is 1.26. The molecule has 142 valence electrons. The van der Waals surface area contributed by atoms with Crippen LogP contribution in [0.25, 0.3) is 4.96 Å². The maximum absolute atomic E-state index is 12.7. The van der Waals surface area contributed by atoms with Gasteiger partial charge < -0.3 is 10.2 Å². The van der Waals surface area contributed by atoms with Crippen molar-refractivity contribution in [2.75, 3.05) is 24.5 Å². The number of rotatable bonds is 5. The first kappa shape index (κ1) is 18.1. The Morgan fingerprint density at radius 2 is 2.04 bits per heavy atom. The number of nitrogens with one attached hydrogen (secondary N) is 1. The minimum absolute atomic E-state index is 0.0337. The maximum Gasteiger partial charge on any atom is 0.288 e. The van der Waals surface area contributed by atoms with Gasteiger partial charge in [0.1, 0.15) is 5.56 Å². The van der Waals surface area contributed by atoms with Gasteiger partial charge in [-0.15, -0.1) is 16.4 Å². The van der Waals surface area contributed by atoms with Crippen LogP contribution in [0.5, 0.6) is 0 Å². The molecule has 0 atom stereocenters. The Morgan fingerprint density at radius 1 is 1.22 bits per heavy atom. The monoisotopic (exact) mass is 403 g/mol. The summed E-state index contributed by atoms with van der Waals surface area (Å²) in [5.74, 6) is -0.400. The SMILES string of the molecule is O=C(NCCc1cccs1)c1cnc2sc(N3CCCCCC3)nn2c1=O. The summed E-state index contributed by atoms with van der Waals surface area (Å²) in [6.07, 6.45) is 6.84. The summed E-state index contributed by atoms with van der Waals surface area (Å²) in [5.41, 5.74) is -0.377. The molecule has 0 bridgehead atoms. The van der Waals surface area contributed by atoms with Crippen molar-refractivity contribution in [3.63, 3.8) is 0 Å². The number of thiophene rings is 1. The molecular formula is C18H21N5O2S2. The highest BCUT2D eigenvalue weighted by Gasteiger charge is 2.19. The van der Waals surface area contributed by atoms with Gasteiger partial charge in [-0.25, -0.2) is 4.98 Å². The van der Waals surface area contributed by atoms with E-state index in [1.807, 2.05) is 17.5 Å². The molecule has 3 aromatic rings. The molecule has 1 aliphatic heterocycles. The number of carbonyl (C=O) groups is 1. The van der Waals surface area contributed by atoms with Gasteiger partial charge in [-0.2, -0.15) is 4.52 Å². The van der Waals surface area contributed by atoms with E-state index in [4.69, 9.17) is 0 Å². The van der Waals surface area contributed by atoms with Gasteiger partial charge in [-0.1, -0.05) is 30.2 Å². The summed E-state index contributed by atoms with van der Waals surface area (Å²) >= 11 is 3.05. The van der Waals surface area contributed by atoms with E-state index in [0.29, 0.717) is 11.5 Å². The molecule has 9 heteroatoms. The molecule has 0 radical (unpaired) electrons. The molecule has 0 unspecified atom stereocenters.